The lowest BCUT2D eigenvalue weighted by atomic mass is 9.91. The van der Waals surface area contributed by atoms with Crippen molar-refractivity contribution in [3.63, 3.8) is 0 Å². The summed E-state index contributed by atoms with van der Waals surface area (Å²) in [4.78, 5) is 9.26. The molecule has 2 aliphatic heterocycles. The molecule has 2 N–H and O–H groups in total. The van der Waals surface area contributed by atoms with E-state index in [2.05, 4.69) is 34.0 Å². The van der Waals surface area contributed by atoms with Gasteiger partial charge in [-0.3, -0.25) is 0 Å². The Kier molecular flexibility index (Phi) is 4.26. The topological polar surface area (TPSA) is 80.7 Å². The van der Waals surface area contributed by atoms with E-state index in [1.165, 1.54) is 0 Å². The number of nitrogens with two attached hydrogens (primary N) is 1. The standard InChI is InChI=1S/C14H25N5O2/c1-18-5-6-19(2)11(10-18)9-12-16-13(21-17-12)14(15)3-7-20-8-4-14/h11H,3-10,15H2,1-2H3. The van der Waals surface area contributed by atoms with Gasteiger partial charge in [-0.2, -0.15) is 4.98 Å². The minimum Gasteiger partial charge on any atom is -0.381 e. The summed E-state index contributed by atoms with van der Waals surface area (Å²) < 4.78 is 10.8. The number of rotatable bonds is 3. The molecule has 3 heterocycles. The Balaban J connectivity index is 1.67. The van der Waals surface area contributed by atoms with Crippen molar-refractivity contribution in [1.82, 2.24) is 19.9 Å². The van der Waals surface area contributed by atoms with Crippen molar-refractivity contribution in [1.29, 1.82) is 0 Å². The summed E-state index contributed by atoms with van der Waals surface area (Å²) in [7, 11) is 4.31. The highest BCUT2D eigenvalue weighted by molar-refractivity contribution is 5.04. The van der Waals surface area contributed by atoms with Crippen LogP contribution < -0.4 is 5.73 Å². The van der Waals surface area contributed by atoms with Crippen LogP contribution >= 0.6 is 0 Å². The molecule has 1 aromatic rings. The average molecular weight is 295 g/mol. The predicted octanol–water partition coefficient (Wildman–Crippen LogP) is -0.178. The van der Waals surface area contributed by atoms with E-state index in [1.54, 1.807) is 0 Å². The molecule has 0 saturated carbocycles. The second-order valence-electron chi connectivity index (χ2n) is 6.39. The molecular formula is C14H25N5O2. The van der Waals surface area contributed by atoms with Gasteiger partial charge in [0.2, 0.25) is 5.89 Å². The van der Waals surface area contributed by atoms with E-state index in [-0.39, 0.29) is 0 Å². The first kappa shape index (κ1) is 14.9. The number of hydrogen-bond donors (Lipinski definition) is 1. The fourth-order valence-corrected chi connectivity index (χ4v) is 3.02. The second-order valence-corrected chi connectivity index (χ2v) is 6.39. The van der Waals surface area contributed by atoms with Crippen molar-refractivity contribution in [2.24, 2.45) is 5.73 Å². The zero-order valence-electron chi connectivity index (χ0n) is 12.9. The lowest BCUT2D eigenvalue weighted by Crippen LogP contribution is -2.50. The van der Waals surface area contributed by atoms with Crippen molar-refractivity contribution in [2.75, 3.05) is 46.9 Å². The molecule has 0 radical (unpaired) electrons. The van der Waals surface area contributed by atoms with Gasteiger partial charge in [0.1, 0.15) is 5.54 Å². The Morgan fingerprint density at radius 3 is 2.81 bits per heavy atom. The van der Waals surface area contributed by atoms with Gasteiger partial charge in [-0.05, 0) is 26.9 Å². The van der Waals surface area contributed by atoms with Crippen molar-refractivity contribution < 1.29 is 9.26 Å². The van der Waals surface area contributed by atoms with Gasteiger partial charge in [0.15, 0.2) is 5.82 Å². The molecule has 2 aliphatic rings. The summed E-state index contributed by atoms with van der Waals surface area (Å²) in [5.74, 6) is 1.32. The Bertz CT molecular complexity index is 472. The Hall–Kier alpha value is -1.02. The minimum atomic E-state index is -0.515. The van der Waals surface area contributed by atoms with E-state index >= 15 is 0 Å². The number of piperazine rings is 1. The summed E-state index contributed by atoms with van der Waals surface area (Å²) >= 11 is 0. The molecule has 1 aromatic heterocycles. The molecule has 0 amide bonds. The van der Waals surface area contributed by atoms with Gasteiger partial charge >= 0.3 is 0 Å². The Morgan fingerprint density at radius 2 is 2.05 bits per heavy atom. The highest BCUT2D eigenvalue weighted by Gasteiger charge is 2.36. The van der Waals surface area contributed by atoms with Crippen LogP contribution in [0.1, 0.15) is 24.6 Å². The second kappa shape index (κ2) is 6.00. The van der Waals surface area contributed by atoms with Gasteiger partial charge in [-0.25, -0.2) is 0 Å². The quantitative estimate of drug-likeness (QED) is 0.828. The highest BCUT2D eigenvalue weighted by Crippen LogP contribution is 2.28. The van der Waals surface area contributed by atoms with Gasteiger partial charge in [0.25, 0.3) is 0 Å². The molecule has 1 unspecified atom stereocenters. The maximum absolute atomic E-state index is 6.38. The lowest BCUT2D eigenvalue weighted by molar-refractivity contribution is 0.0400. The zero-order valence-corrected chi connectivity index (χ0v) is 12.9. The Morgan fingerprint density at radius 1 is 1.29 bits per heavy atom. The molecule has 0 spiro atoms. The van der Waals surface area contributed by atoms with Crippen LogP contribution in [0, 0.1) is 0 Å². The smallest absolute Gasteiger partial charge is 0.246 e. The average Bonchev–Trinajstić information content (AvgIpc) is 2.93. The SMILES string of the molecule is CN1CCN(C)C(Cc2noc(C3(N)CCOCC3)n2)C1. The molecular weight excluding hydrogens is 270 g/mol. The summed E-state index contributed by atoms with van der Waals surface area (Å²) in [5.41, 5.74) is 5.87. The first-order chi connectivity index (χ1) is 10.1. The molecule has 7 heteroatoms. The van der Waals surface area contributed by atoms with E-state index in [0.717, 1.165) is 44.7 Å². The van der Waals surface area contributed by atoms with E-state index in [1.807, 2.05) is 0 Å². The van der Waals surface area contributed by atoms with Crippen molar-refractivity contribution in [2.45, 2.75) is 30.8 Å². The molecule has 0 aliphatic carbocycles. The lowest BCUT2D eigenvalue weighted by Gasteiger charge is -2.37. The van der Waals surface area contributed by atoms with Crippen molar-refractivity contribution >= 4 is 0 Å². The zero-order chi connectivity index (χ0) is 14.9. The van der Waals surface area contributed by atoms with Crippen LogP contribution in [0.2, 0.25) is 0 Å². The minimum absolute atomic E-state index is 0.428. The van der Waals surface area contributed by atoms with Crippen molar-refractivity contribution in [3.05, 3.63) is 11.7 Å². The molecule has 2 saturated heterocycles. The maximum atomic E-state index is 6.38. The summed E-state index contributed by atoms with van der Waals surface area (Å²) in [6, 6.07) is 0.428. The van der Waals surface area contributed by atoms with Gasteiger partial charge in [0, 0.05) is 45.3 Å². The monoisotopic (exact) mass is 295 g/mol. The van der Waals surface area contributed by atoms with Gasteiger partial charge in [-0.15, -0.1) is 0 Å². The van der Waals surface area contributed by atoms with Crippen LogP contribution in [-0.4, -0.2) is 72.9 Å². The van der Waals surface area contributed by atoms with Crippen LogP contribution in [-0.2, 0) is 16.7 Å². The van der Waals surface area contributed by atoms with E-state index in [0.29, 0.717) is 25.1 Å². The fourth-order valence-electron chi connectivity index (χ4n) is 3.02. The third-order valence-electron chi connectivity index (χ3n) is 4.68. The van der Waals surface area contributed by atoms with Crippen LogP contribution in [0.4, 0.5) is 0 Å². The molecule has 0 aromatic carbocycles. The van der Waals surface area contributed by atoms with Crippen LogP contribution in [0.25, 0.3) is 0 Å². The van der Waals surface area contributed by atoms with Gasteiger partial charge < -0.3 is 24.8 Å². The fraction of sp³-hybridized carbons (Fsp3) is 0.857. The first-order valence-electron chi connectivity index (χ1n) is 7.65. The van der Waals surface area contributed by atoms with Gasteiger partial charge in [-0.1, -0.05) is 5.16 Å². The largest absolute Gasteiger partial charge is 0.381 e. The first-order valence-corrected chi connectivity index (χ1v) is 7.65. The maximum Gasteiger partial charge on any atom is 0.246 e. The summed E-state index contributed by atoms with van der Waals surface area (Å²) in [6.07, 6.45) is 2.28. The van der Waals surface area contributed by atoms with Gasteiger partial charge in [0.05, 0.1) is 0 Å². The summed E-state index contributed by atoms with van der Waals surface area (Å²) in [5, 5.41) is 4.14. The van der Waals surface area contributed by atoms with E-state index in [4.69, 9.17) is 15.0 Å². The molecule has 118 valence electrons. The molecule has 2 fully saturated rings. The Labute approximate surface area is 125 Å². The molecule has 0 bridgehead atoms. The molecule has 21 heavy (non-hydrogen) atoms. The molecule has 1 atom stereocenters. The third-order valence-corrected chi connectivity index (χ3v) is 4.68. The van der Waals surface area contributed by atoms with Crippen LogP contribution in [0.15, 0.2) is 4.52 Å². The van der Waals surface area contributed by atoms with Crippen LogP contribution in [0.5, 0.6) is 0 Å². The van der Waals surface area contributed by atoms with Crippen LogP contribution in [0.3, 0.4) is 0 Å². The normalized spacial score (nSPS) is 27.9. The third kappa shape index (κ3) is 3.26. The number of ether oxygens (including phenoxy) is 1. The number of likely N-dealkylation sites (N-methyl/N-ethyl adjacent to an activating group) is 2. The number of aromatic nitrogens is 2. The summed E-state index contributed by atoms with van der Waals surface area (Å²) in [6.45, 7) is 4.52. The van der Waals surface area contributed by atoms with E-state index < -0.39 is 5.54 Å². The molecule has 3 rings (SSSR count). The molecule has 7 nitrogen and oxygen atoms in total. The predicted molar refractivity (Wildman–Crippen MR) is 77.8 cm³/mol. The van der Waals surface area contributed by atoms with E-state index in [9.17, 15) is 0 Å². The van der Waals surface area contributed by atoms with Crippen molar-refractivity contribution in [3.8, 4) is 0 Å². The number of hydrogen-bond acceptors (Lipinski definition) is 7. The highest BCUT2D eigenvalue weighted by atomic mass is 16.5. The number of nitrogens with zero attached hydrogens (tertiary/aromatic N) is 4.